The van der Waals surface area contributed by atoms with Gasteiger partial charge >= 0.3 is 0 Å². The number of carbonyl (C=O) groups excluding carboxylic acids is 1. The number of unbranched alkanes of at least 4 members (excludes halogenated alkanes) is 5. The fraction of sp³-hybridized carbons (Fsp3) is 0.562. The SMILES string of the molecule is CCCCCCCCC(=O)Nc1ccc(OC)cc1. The third-order valence-electron chi connectivity index (χ3n) is 3.13. The van der Waals surface area contributed by atoms with E-state index in [-0.39, 0.29) is 5.91 Å². The van der Waals surface area contributed by atoms with Crippen molar-refractivity contribution in [3.8, 4) is 5.75 Å². The number of carbonyl (C=O) groups is 1. The summed E-state index contributed by atoms with van der Waals surface area (Å²) >= 11 is 0. The van der Waals surface area contributed by atoms with E-state index >= 15 is 0 Å². The molecular weight excluding hydrogens is 238 g/mol. The normalized spacial score (nSPS) is 10.2. The summed E-state index contributed by atoms with van der Waals surface area (Å²) in [5, 5.41) is 2.90. The van der Waals surface area contributed by atoms with Crippen molar-refractivity contribution in [2.45, 2.75) is 51.9 Å². The second kappa shape index (κ2) is 9.42. The lowest BCUT2D eigenvalue weighted by molar-refractivity contribution is -0.116. The van der Waals surface area contributed by atoms with Crippen LogP contribution in [0.1, 0.15) is 51.9 Å². The molecule has 1 aromatic carbocycles. The minimum Gasteiger partial charge on any atom is -0.497 e. The molecule has 0 unspecified atom stereocenters. The molecule has 1 amide bonds. The Hall–Kier alpha value is -1.51. The van der Waals surface area contributed by atoms with Crippen molar-refractivity contribution < 1.29 is 9.53 Å². The quantitative estimate of drug-likeness (QED) is 0.671. The summed E-state index contributed by atoms with van der Waals surface area (Å²) < 4.78 is 5.07. The van der Waals surface area contributed by atoms with Crippen LogP contribution in [0.15, 0.2) is 24.3 Å². The smallest absolute Gasteiger partial charge is 0.224 e. The molecule has 3 nitrogen and oxygen atoms in total. The van der Waals surface area contributed by atoms with Crippen LogP contribution in [0.4, 0.5) is 5.69 Å². The molecule has 1 rings (SSSR count). The van der Waals surface area contributed by atoms with Gasteiger partial charge in [-0.3, -0.25) is 4.79 Å². The topological polar surface area (TPSA) is 38.3 Å². The number of hydrogen-bond donors (Lipinski definition) is 1. The summed E-state index contributed by atoms with van der Waals surface area (Å²) in [6.45, 7) is 2.21. The molecule has 0 aromatic heterocycles. The van der Waals surface area contributed by atoms with E-state index in [2.05, 4.69) is 12.2 Å². The van der Waals surface area contributed by atoms with Gasteiger partial charge in [-0.05, 0) is 30.7 Å². The van der Waals surface area contributed by atoms with Gasteiger partial charge in [-0.2, -0.15) is 0 Å². The average Bonchev–Trinajstić information content (AvgIpc) is 2.43. The maximum Gasteiger partial charge on any atom is 0.224 e. The highest BCUT2D eigenvalue weighted by atomic mass is 16.5. The minimum absolute atomic E-state index is 0.0978. The third-order valence-corrected chi connectivity index (χ3v) is 3.13. The Bertz CT molecular complexity index is 360. The summed E-state index contributed by atoms with van der Waals surface area (Å²) in [5.74, 6) is 0.898. The molecule has 0 saturated carbocycles. The molecule has 106 valence electrons. The largest absolute Gasteiger partial charge is 0.497 e. The van der Waals surface area contributed by atoms with Gasteiger partial charge in [0.25, 0.3) is 0 Å². The molecule has 1 N–H and O–H groups in total. The maximum absolute atomic E-state index is 11.7. The van der Waals surface area contributed by atoms with Crippen molar-refractivity contribution in [1.82, 2.24) is 0 Å². The van der Waals surface area contributed by atoms with Crippen molar-refractivity contribution >= 4 is 11.6 Å². The van der Waals surface area contributed by atoms with E-state index in [0.717, 1.165) is 24.3 Å². The van der Waals surface area contributed by atoms with Crippen LogP contribution in [0, 0.1) is 0 Å². The number of methoxy groups -OCH3 is 1. The Balaban J connectivity index is 2.16. The van der Waals surface area contributed by atoms with Crippen LogP contribution in [0.2, 0.25) is 0 Å². The lowest BCUT2D eigenvalue weighted by Gasteiger charge is -2.06. The van der Waals surface area contributed by atoms with Gasteiger partial charge < -0.3 is 10.1 Å². The minimum atomic E-state index is 0.0978. The van der Waals surface area contributed by atoms with E-state index in [1.165, 1.54) is 25.7 Å². The number of amides is 1. The Morgan fingerprint density at radius 3 is 2.32 bits per heavy atom. The molecule has 0 bridgehead atoms. The van der Waals surface area contributed by atoms with Crippen LogP contribution < -0.4 is 10.1 Å². The van der Waals surface area contributed by atoms with Gasteiger partial charge in [0.2, 0.25) is 5.91 Å². The van der Waals surface area contributed by atoms with Gasteiger partial charge in [-0.15, -0.1) is 0 Å². The van der Waals surface area contributed by atoms with E-state index in [0.29, 0.717) is 6.42 Å². The predicted octanol–water partition coefficient (Wildman–Crippen LogP) is 4.38. The van der Waals surface area contributed by atoms with Crippen molar-refractivity contribution in [3.05, 3.63) is 24.3 Å². The van der Waals surface area contributed by atoms with E-state index in [9.17, 15) is 4.79 Å². The molecule has 0 aliphatic rings. The highest BCUT2D eigenvalue weighted by molar-refractivity contribution is 5.90. The third kappa shape index (κ3) is 6.85. The molecule has 0 fully saturated rings. The maximum atomic E-state index is 11.7. The Morgan fingerprint density at radius 2 is 1.68 bits per heavy atom. The second-order valence-corrected chi connectivity index (χ2v) is 4.79. The first-order chi connectivity index (χ1) is 9.26. The summed E-state index contributed by atoms with van der Waals surface area (Å²) in [7, 11) is 1.63. The van der Waals surface area contributed by atoms with Crippen LogP contribution in [-0.4, -0.2) is 13.0 Å². The fourth-order valence-corrected chi connectivity index (χ4v) is 1.96. The van der Waals surface area contributed by atoms with Gasteiger partial charge in [0.15, 0.2) is 0 Å². The van der Waals surface area contributed by atoms with Gasteiger partial charge in [0.1, 0.15) is 5.75 Å². The molecule has 0 heterocycles. The number of ether oxygens (including phenoxy) is 1. The summed E-state index contributed by atoms with van der Waals surface area (Å²) in [6, 6.07) is 7.41. The zero-order valence-electron chi connectivity index (χ0n) is 12.1. The Labute approximate surface area is 116 Å². The number of nitrogens with one attached hydrogen (secondary N) is 1. The standard InChI is InChI=1S/C16H25NO2/c1-3-4-5-6-7-8-9-16(18)17-14-10-12-15(19-2)13-11-14/h10-13H,3-9H2,1-2H3,(H,17,18). The van der Waals surface area contributed by atoms with Crippen LogP contribution in [-0.2, 0) is 4.79 Å². The number of rotatable bonds is 9. The summed E-state index contributed by atoms with van der Waals surface area (Å²) in [5.41, 5.74) is 0.830. The zero-order chi connectivity index (χ0) is 13.9. The number of hydrogen-bond acceptors (Lipinski definition) is 2. The second-order valence-electron chi connectivity index (χ2n) is 4.79. The molecule has 0 atom stereocenters. The van der Waals surface area contributed by atoms with Crippen molar-refractivity contribution in [2.75, 3.05) is 12.4 Å². The molecule has 19 heavy (non-hydrogen) atoms. The highest BCUT2D eigenvalue weighted by Gasteiger charge is 2.02. The molecule has 1 aromatic rings. The first kappa shape index (κ1) is 15.5. The molecule has 0 radical (unpaired) electrons. The van der Waals surface area contributed by atoms with E-state index in [1.54, 1.807) is 7.11 Å². The van der Waals surface area contributed by atoms with Gasteiger partial charge in [-0.25, -0.2) is 0 Å². The highest BCUT2D eigenvalue weighted by Crippen LogP contribution is 2.15. The molecule has 0 saturated heterocycles. The van der Waals surface area contributed by atoms with E-state index in [1.807, 2.05) is 24.3 Å². The van der Waals surface area contributed by atoms with Gasteiger partial charge in [0, 0.05) is 12.1 Å². The fourth-order valence-electron chi connectivity index (χ4n) is 1.96. The number of anilines is 1. The first-order valence-corrected chi connectivity index (χ1v) is 7.20. The Morgan fingerprint density at radius 1 is 1.05 bits per heavy atom. The lowest BCUT2D eigenvalue weighted by atomic mass is 10.1. The molecular formula is C16H25NO2. The van der Waals surface area contributed by atoms with Crippen LogP contribution in [0.5, 0.6) is 5.75 Å². The van der Waals surface area contributed by atoms with Gasteiger partial charge in [-0.1, -0.05) is 39.0 Å². The van der Waals surface area contributed by atoms with Crippen molar-refractivity contribution in [2.24, 2.45) is 0 Å². The molecule has 3 heteroatoms. The number of benzene rings is 1. The molecule has 0 aliphatic heterocycles. The van der Waals surface area contributed by atoms with Gasteiger partial charge in [0.05, 0.1) is 7.11 Å². The summed E-state index contributed by atoms with van der Waals surface area (Å²) in [4.78, 5) is 11.7. The average molecular weight is 263 g/mol. The molecule has 0 aliphatic carbocycles. The first-order valence-electron chi connectivity index (χ1n) is 7.20. The van der Waals surface area contributed by atoms with Crippen LogP contribution in [0.3, 0.4) is 0 Å². The van der Waals surface area contributed by atoms with E-state index in [4.69, 9.17) is 4.74 Å². The van der Waals surface area contributed by atoms with Crippen molar-refractivity contribution in [1.29, 1.82) is 0 Å². The predicted molar refractivity (Wildman–Crippen MR) is 79.6 cm³/mol. The summed E-state index contributed by atoms with van der Waals surface area (Å²) in [6.07, 6.45) is 7.83. The van der Waals surface area contributed by atoms with E-state index < -0.39 is 0 Å². The lowest BCUT2D eigenvalue weighted by Crippen LogP contribution is -2.10. The Kier molecular flexibility index (Phi) is 7.71. The molecule has 0 spiro atoms. The monoisotopic (exact) mass is 263 g/mol. The van der Waals surface area contributed by atoms with Crippen LogP contribution >= 0.6 is 0 Å². The van der Waals surface area contributed by atoms with Crippen molar-refractivity contribution in [3.63, 3.8) is 0 Å². The van der Waals surface area contributed by atoms with Crippen LogP contribution in [0.25, 0.3) is 0 Å². The zero-order valence-corrected chi connectivity index (χ0v) is 12.1.